The Morgan fingerprint density at radius 2 is 2.00 bits per heavy atom. The molecule has 0 spiro atoms. The van der Waals surface area contributed by atoms with Crippen LogP contribution in [-0.4, -0.2) is 21.1 Å². The minimum Gasteiger partial charge on any atom is -0.506 e. The van der Waals surface area contributed by atoms with Crippen LogP contribution in [0.25, 0.3) is 0 Å². The highest BCUT2D eigenvalue weighted by atomic mass is 79.9. The molecule has 1 nitrogen and oxygen atoms in total. The second-order valence-electron chi connectivity index (χ2n) is 3.53. The molecule has 82 valence electrons. The molecule has 0 aromatic heterocycles. The van der Waals surface area contributed by atoms with Gasteiger partial charge in [0.1, 0.15) is 21.4 Å². The van der Waals surface area contributed by atoms with Crippen LogP contribution in [0.3, 0.4) is 0 Å². The highest BCUT2D eigenvalue weighted by Gasteiger charge is 2.32. The molecule has 0 bridgehead atoms. The van der Waals surface area contributed by atoms with E-state index in [1.807, 2.05) is 26.8 Å². The Hall–Kier alpha value is -0.0801. The highest BCUT2D eigenvalue weighted by molar-refractivity contribution is 9.10. The van der Waals surface area contributed by atoms with E-state index in [9.17, 15) is 0 Å². The predicted molar refractivity (Wildman–Crippen MR) is 73.8 cm³/mol. The Morgan fingerprint density at radius 3 is 2.56 bits per heavy atom. The van der Waals surface area contributed by atoms with E-state index in [1.54, 1.807) is 0 Å². The van der Waals surface area contributed by atoms with E-state index in [2.05, 4.69) is 15.9 Å². The smallest absolute Gasteiger partial charge is 0.125 e. The summed E-state index contributed by atoms with van der Waals surface area (Å²) < 4.78 is 6.26. The predicted octanol–water partition coefficient (Wildman–Crippen LogP) is 3.36. The van der Waals surface area contributed by atoms with Crippen molar-refractivity contribution < 1.29 is 4.74 Å². The molecule has 0 N–H and O–H groups in total. The van der Waals surface area contributed by atoms with Gasteiger partial charge in [-0.3, -0.25) is 0 Å². The third kappa shape index (κ3) is 2.60. The zero-order chi connectivity index (χ0) is 12.5. The first-order valence-electron chi connectivity index (χ1n) is 5.15. The average Bonchev–Trinajstić information content (AvgIpc) is 2.55. The van der Waals surface area contributed by atoms with Crippen LogP contribution >= 0.6 is 27.5 Å². The molecule has 0 atom stereocenters. The van der Waals surface area contributed by atoms with E-state index < -0.39 is 5.40 Å². The van der Waals surface area contributed by atoms with Crippen LogP contribution in [0.5, 0.6) is 5.75 Å². The molecule has 0 aliphatic carbocycles. The number of halogens is 2. The molecule has 0 saturated carbocycles. The number of hydrogen-bond donors (Lipinski definition) is 0. The van der Waals surface area contributed by atoms with Crippen LogP contribution in [0.2, 0.25) is 5.02 Å². The molecule has 2 rings (SSSR count). The molecule has 0 amide bonds. The first-order valence-corrected chi connectivity index (χ1v) is 6.32. The van der Waals surface area contributed by atoms with Crippen LogP contribution in [-0.2, 0) is 6.42 Å². The lowest BCUT2D eigenvalue weighted by Crippen LogP contribution is -2.35. The van der Waals surface area contributed by atoms with E-state index in [-0.39, 0.29) is 0 Å². The van der Waals surface area contributed by atoms with Gasteiger partial charge in [0, 0.05) is 15.4 Å². The van der Waals surface area contributed by atoms with Crippen LogP contribution < -0.4 is 4.74 Å². The summed E-state index contributed by atoms with van der Waals surface area (Å²) in [5, 5.41) is -0.499. The zero-order valence-corrected chi connectivity index (χ0v) is 11.9. The van der Waals surface area contributed by atoms with E-state index >= 15 is 0 Å². The Labute approximate surface area is 113 Å². The molecular formula is C11H12B2BrClO. The van der Waals surface area contributed by atoms with Gasteiger partial charge in [-0.05, 0) is 40.9 Å². The van der Waals surface area contributed by atoms with Gasteiger partial charge in [-0.15, -0.1) is 0 Å². The van der Waals surface area contributed by atoms with E-state index in [0.717, 1.165) is 15.6 Å². The first-order chi connectivity index (χ1) is 7.41. The van der Waals surface area contributed by atoms with Gasteiger partial charge in [0.05, 0.1) is 5.02 Å². The third-order valence-corrected chi connectivity index (χ3v) is 3.48. The van der Waals surface area contributed by atoms with Gasteiger partial charge >= 0.3 is 0 Å². The van der Waals surface area contributed by atoms with Crippen LogP contribution in [0.1, 0.15) is 25.0 Å². The molecular weight excluding hydrogens is 285 g/mol. The molecule has 0 fully saturated rings. The van der Waals surface area contributed by atoms with Gasteiger partial charge in [-0.25, -0.2) is 0 Å². The molecule has 1 aliphatic heterocycles. The van der Waals surface area contributed by atoms with Crippen LogP contribution in [0.4, 0.5) is 0 Å². The molecule has 16 heavy (non-hydrogen) atoms. The SMILES string of the molecule is CC.[B]C1([B])Cc2c(Cl)c(Br)cc(C)c2O1. The fourth-order valence-corrected chi connectivity index (χ4v) is 2.39. The number of benzene rings is 1. The fraction of sp³-hybridized carbons (Fsp3) is 0.455. The third-order valence-electron chi connectivity index (χ3n) is 2.20. The van der Waals surface area contributed by atoms with Gasteiger partial charge in [-0.2, -0.15) is 0 Å². The lowest BCUT2D eigenvalue weighted by Gasteiger charge is -2.18. The summed E-state index contributed by atoms with van der Waals surface area (Å²) >= 11 is 9.47. The minimum absolute atomic E-state index is 0.432. The summed E-state index contributed by atoms with van der Waals surface area (Å²) in [4.78, 5) is 0. The normalized spacial score (nSPS) is 15.8. The zero-order valence-electron chi connectivity index (χ0n) is 9.60. The van der Waals surface area contributed by atoms with Crippen molar-refractivity contribution in [1.29, 1.82) is 0 Å². The van der Waals surface area contributed by atoms with Crippen molar-refractivity contribution in [1.82, 2.24) is 0 Å². The molecule has 0 unspecified atom stereocenters. The minimum atomic E-state index is -1.13. The molecule has 5 heteroatoms. The summed E-state index contributed by atoms with van der Waals surface area (Å²) in [5.74, 6) is 0.711. The van der Waals surface area contributed by atoms with E-state index in [1.165, 1.54) is 0 Å². The molecule has 4 radical (unpaired) electrons. The standard InChI is InChI=1S/C9H6B2BrClO.C2H6/c1-4-2-6(12)7(13)5-3-9(10,11)14-8(4)5;1-2/h2H,3H2,1H3;1-2H3. The lowest BCUT2D eigenvalue weighted by molar-refractivity contribution is 0.273. The highest BCUT2D eigenvalue weighted by Crippen LogP contribution is 2.42. The van der Waals surface area contributed by atoms with E-state index in [4.69, 9.17) is 32.0 Å². The van der Waals surface area contributed by atoms with Crippen LogP contribution in [0, 0.1) is 6.92 Å². The second kappa shape index (κ2) is 5.05. The van der Waals surface area contributed by atoms with Gasteiger partial charge < -0.3 is 4.74 Å². The van der Waals surface area contributed by atoms with Crippen molar-refractivity contribution in [2.24, 2.45) is 0 Å². The van der Waals surface area contributed by atoms with Crippen LogP contribution in [0.15, 0.2) is 10.5 Å². The first kappa shape index (κ1) is 14.0. The van der Waals surface area contributed by atoms with Crippen molar-refractivity contribution in [3.63, 3.8) is 0 Å². The monoisotopic (exact) mass is 296 g/mol. The van der Waals surface area contributed by atoms with Gasteiger partial charge in [0.15, 0.2) is 0 Å². The Kier molecular flexibility index (Phi) is 4.42. The largest absolute Gasteiger partial charge is 0.506 e. The number of rotatable bonds is 0. The molecule has 1 aliphatic rings. The summed E-state index contributed by atoms with van der Waals surface area (Å²) in [7, 11) is 11.4. The number of fused-ring (bicyclic) bond motifs is 1. The average molecular weight is 297 g/mol. The molecule has 1 aromatic carbocycles. The topological polar surface area (TPSA) is 9.23 Å². The van der Waals surface area contributed by atoms with Gasteiger partial charge in [-0.1, -0.05) is 25.4 Å². The summed E-state index contributed by atoms with van der Waals surface area (Å²) in [6, 6.07) is 1.89. The Bertz CT molecular complexity index is 407. The maximum absolute atomic E-state index is 6.10. The molecule has 0 saturated heterocycles. The summed E-state index contributed by atoms with van der Waals surface area (Å²) in [5.41, 5.74) is 1.86. The lowest BCUT2D eigenvalue weighted by atomic mass is 9.63. The summed E-state index contributed by atoms with van der Waals surface area (Å²) in [6.45, 7) is 5.93. The fourth-order valence-electron chi connectivity index (χ4n) is 1.60. The maximum atomic E-state index is 6.10. The van der Waals surface area contributed by atoms with E-state index in [0.29, 0.717) is 17.2 Å². The quantitative estimate of drug-likeness (QED) is 0.667. The number of aryl methyl sites for hydroxylation is 1. The molecule has 1 aromatic rings. The van der Waals surface area contributed by atoms with Gasteiger partial charge in [0.25, 0.3) is 0 Å². The Balaban J connectivity index is 0.000000606. The van der Waals surface area contributed by atoms with Crippen molar-refractivity contribution in [2.75, 3.05) is 0 Å². The maximum Gasteiger partial charge on any atom is 0.125 e. The second-order valence-corrected chi connectivity index (χ2v) is 4.76. The van der Waals surface area contributed by atoms with Crippen molar-refractivity contribution >= 4 is 43.2 Å². The van der Waals surface area contributed by atoms with Crippen molar-refractivity contribution in [3.8, 4) is 5.75 Å². The number of ether oxygens (including phenoxy) is 1. The van der Waals surface area contributed by atoms with Crippen molar-refractivity contribution in [3.05, 3.63) is 26.7 Å². The van der Waals surface area contributed by atoms with Gasteiger partial charge in [0.2, 0.25) is 0 Å². The Morgan fingerprint density at radius 1 is 1.44 bits per heavy atom. The molecule has 1 heterocycles. The summed E-state index contributed by atoms with van der Waals surface area (Å²) in [6.07, 6.45) is 0.432. The number of hydrogen-bond acceptors (Lipinski definition) is 1. The van der Waals surface area contributed by atoms with Crippen molar-refractivity contribution in [2.45, 2.75) is 32.6 Å².